The number of carbonyl (C=O) groups excluding carboxylic acids is 1. The quantitative estimate of drug-likeness (QED) is 0.310. The van der Waals surface area contributed by atoms with Crippen LogP contribution in [0.3, 0.4) is 0 Å². The van der Waals surface area contributed by atoms with Gasteiger partial charge in [0.1, 0.15) is 5.82 Å². The molecule has 42 heavy (non-hydrogen) atoms. The van der Waals surface area contributed by atoms with Crippen LogP contribution in [-0.2, 0) is 16.4 Å². The van der Waals surface area contributed by atoms with Crippen molar-refractivity contribution in [1.29, 1.82) is 0 Å². The van der Waals surface area contributed by atoms with E-state index in [0.717, 1.165) is 53.9 Å². The summed E-state index contributed by atoms with van der Waals surface area (Å²) in [4.78, 5) is 29.5. The molecular weight excluding hydrogens is 550 g/mol. The summed E-state index contributed by atoms with van der Waals surface area (Å²) in [5.41, 5.74) is 3.76. The van der Waals surface area contributed by atoms with Crippen molar-refractivity contribution in [3.63, 3.8) is 0 Å². The summed E-state index contributed by atoms with van der Waals surface area (Å²) in [7, 11) is -3.44. The third-order valence-corrected chi connectivity index (χ3v) is 9.41. The number of hydrogen-bond acceptors (Lipinski definition) is 8. The van der Waals surface area contributed by atoms with Crippen molar-refractivity contribution in [3.05, 3.63) is 77.6 Å². The third-order valence-electron chi connectivity index (χ3n) is 8.17. The van der Waals surface area contributed by atoms with Crippen molar-refractivity contribution in [1.82, 2.24) is 20.3 Å². The van der Waals surface area contributed by atoms with Gasteiger partial charge in [-0.3, -0.25) is 9.78 Å². The molecule has 1 aliphatic rings. The summed E-state index contributed by atoms with van der Waals surface area (Å²) >= 11 is 0. The Morgan fingerprint density at radius 1 is 1.02 bits per heavy atom. The number of piperidine rings is 1. The lowest BCUT2D eigenvalue weighted by Crippen LogP contribution is -2.45. The number of sulfone groups is 1. The van der Waals surface area contributed by atoms with Crippen LogP contribution >= 0.6 is 0 Å². The number of pyridine rings is 3. The highest BCUT2D eigenvalue weighted by Gasteiger charge is 2.32. The second kappa shape index (κ2) is 12.1. The van der Waals surface area contributed by atoms with Gasteiger partial charge in [-0.25, -0.2) is 18.4 Å². The third kappa shape index (κ3) is 6.44. The Morgan fingerprint density at radius 2 is 1.76 bits per heavy atom. The van der Waals surface area contributed by atoms with Crippen LogP contribution < -0.4 is 10.2 Å². The number of nitrogens with one attached hydrogen (secondary N) is 1. The van der Waals surface area contributed by atoms with Gasteiger partial charge in [0, 0.05) is 43.1 Å². The van der Waals surface area contributed by atoms with E-state index in [1.165, 1.54) is 6.07 Å². The van der Waals surface area contributed by atoms with E-state index in [4.69, 9.17) is 9.97 Å². The van der Waals surface area contributed by atoms with Gasteiger partial charge in [-0.05, 0) is 79.1 Å². The largest absolute Gasteiger partial charge is 0.396 e. The molecule has 2 atom stereocenters. The smallest absolute Gasteiger partial charge is 0.251 e. The average molecular weight is 588 g/mol. The van der Waals surface area contributed by atoms with Crippen LogP contribution in [0.25, 0.3) is 22.3 Å². The molecule has 0 saturated carbocycles. The minimum Gasteiger partial charge on any atom is -0.396 e. The summed E-state index contributed by atoms with van der Waals surface area (Å²) in [5.74, 6) is 1.97. The standard InChI is InChI=1S/C32H37N5O4S/c1-20-8-9-23(14-30(20)42(4,40)41)32(39)34-17-25-15-29-24(16-33-25)10-11-28(35-29)27-6-5-7-31(36-27)37-18-21(2)26(12-13-38)22(3)19-37/h5-11,14-16,21-22,26,38H,12-13,17-19H2,1-4H3,(H,34,39). The van der Waals surface area contributed by atoms with Crippen LogP contribution in [0.2, 0.25) is 0 Å². The van der Waals surface area contributed by atoms with E-state index in [1.54, 1.807) is 25.3 Å². The normalized spacial score (nSPS) is 19.2. The number of aliphatic hydroxyl groups is 1. The van der Waals surface area contributed by atoms with Crippen molar-refractivity contribution >= 4 is 32.5 Å². The summed E-state index contributed by atoms with van der Waals surface area (Å²) in [6, 6.07) is 16.4. The van der Waals surface area contributed by atoms with Gasteiger partial charge in [-0.1, -0.05) is 26.0 Å². The lowest BCUT2D eigenvalue weighted by molar-refractivity contribution is 0.0950. The van der Waals surface area contributed by atoms with Gasteiger partial charge in [-0.15, -0.1) is 0 Å². The number of fused-ring (bicyclic) bond motifs is 1. The van der Waals surface area contributed by atoms with Crippen LogP contribution in [0, 0.1) is 24.7 Å². The van der Waals surface area contributed by atoms with Gasteiger partial charge in [0.25, 0.3) is 5.91 Å². The maximum absolute atomic E-state index is 12.8. The lowest BCUT2D eigenvalue weighted by atomic mass is 9.77. The molecule has 4 aromatic rings. The molecule has 2 unspecified atom stereocenters. The fourth-order valence-corrected chi connectivity index (χ4v) is 6.95. The molecule has 1 aliphatic heterocycles. The van der Waals surface area contributed by atoms with Gasteiger partial charge in [0.2, 0.25) is 0 Å². The molecule has 1 aromatic carbocycles. The first-order valence-electron chi connectivity index (χ1n) is 14.2. The molecule has 220 valence electrons. The first kappa shape index (κ1) is 29.6. The van der Waals surface area contributed by atoms with Crippen molar-refractivity contribution in [2.24, 2.45) is 17.8 Å². The molecule has 1 fully saturated rings. The number of nitrogens with zero attached hydrogens (tertiary/aromatic N) is 4. The second-order valence-corrected chi connectivity index (χ2v) is 13.4. The van der Waals surface area contributed by atoms with E-state index in [9.17, 15) is 18.3 Å². The SMILES string of the molecule is Cc1ccc(C(=O)NCc2cc3nc(-c4cccc(N5CC(C)C(CCO)C(C)C5)n4)ccc3cn2)cc1S(C)(=O)=O. The number of carbonyl (C=O) groups is 1. The molecule has 4 heterocycles. The van der Waals surface area contributed by atoms with Gasteiger partial charge in [0.05, 0.1) is 34.0 Å². The van der Waals surface area contributed by atoms with Gasteiger partial charge in [0.15, 0.2) is 9.84 Å². The monoisotopic (exact) mass is 587 g/mol. The second-order valence-electron chi connectivity index (χ2n) is 11.4. The van der Waals surface area contributed by atoms with E-state index in [1.807, 2.05) is 36.4 Å². The Morgan fingerprint density at radius 3 is 2.48 bits per heavy atom. The number of hydrogen-bond donors (Lipinski definition) is 2. The van der Waals surface area contributed by atoms with Crippen molar-refractivity contribution in [2.75, 3.05) is 30.9 Å². The molecule has 10 heteroatoms. The Kier molecular flexibility index (Phi) is 8.56. The molecule has 0 radical (unpaired) electrons. The highest BCUT2D eigenvalue weighted by molar-refractivity contribution is 7.90. The molecule has 3 aromatic heterocycles. The number of anilines is 1. The van der Waals surface area contributed by atoms with Crippen molar-refractivity contribution in [3.8, 4) is 11.4 Å². The Bertz CT molecular complexity index is 1710. The first-order chi connectivity index (χ1) is 20.0. The van der Waals surface area contributed by atoms with E-state index in [-0.39, 0.29) is 29.5 Å². The molecule has 2 N–H and O–H groups in total. The Balaban J connectivity index is 1.32. The molecule has 5 rings (SSSR count). The van der Waals surface area contributed by atoms with Gasteiger partial charge in [-0.2, -0.15) is 0 Å². The zero-order valence-electron chi connectivity index (χ0n) is 24.4. The minimum atomic E-state index is -3.44. The molecule has 1 amide bonds. The van der Waals surface area contributed by atoms with Crippen LogP contribution in [0.4, 0.5) is 5.82 Å². The van der Waals surface area contributed by atoms with Crippen LogP contribution in [0.1, 0.15) is 41.9 Å². The predicted octanol–water partition coefficient (Wildman–Crippen LogP) is 4.42. The van der Waals surface area contributed by atoms with Crippen LogP contribution in [0.5, 0.6) is 0 Å². The molecule has 0 bridgehead atoms. The van der Waals surface area contributed by atoms with E-state index < -0.39 is 9.84 Å². The summed E-state index contributed by atoms with van der Waals surface area (Å²) in [6.07, 6.45) is 3.69. The molecular formula is C32H37N5O4S. The fraction of sp³-hybridized carbons (Fsp3) is 0.375. The van der Waals surface area contributed by atoms with Crippen molar-refractivity contribution < 1.29 is 18.3 Å². The molecule has 1 saturated heterocycles. The molecule has 0 spiro atoms. The van der Waals surface area contributed by atoms with E-state index in [0.29, 0.717) is 29.0 Å². The Hall–Kier alpha value is -3.89. The highest BCUT2D eigenvalue weighted by atomic mass is 32.2. The maximum atomic E-state index is 12.8. The molecule has 9 nitrogen and oxygen atoms in total. The summed E-state index contributed by atoms with van der Waals surface area (Å²) in [5, 5.41) is 13.2. The van der Waals surface area contributed by atoms with Gasteiger partial charge < -0.3 is 15.3 Å². The summed E-state index contributed by atoms with van der Waals surface area (Å²) in [6.45, 7) is 8.39. The fourth-order valence-electron chi connectivity index (χ4n) is 5.96. The van der Waals surface area contributed by atoms with E-state index in [2.05, 4.69) is 29.0 Å². The number of aromatic nitrogens is 3. The van der Waals surface area contributed by atoms with Crippen LogP contribution in [-0.4, -0.2) is 60.3 Å². The number of rotatable bonds is 8. The Labute approximate surface area is 247 Å². The number of aliphatic hydroxyl groups excluding tert-OH is 1. The topological polar surface area (TPSA) is 125 Å². The summed E-state index contributed by atoms with van der Waals surface area (Å²) < 4.78 is 24.1. The maximum Gasteiger partial charge on any atom is 0.251 e. The highest BCUT2D eigenvalue weighted by Crippen LogP contribution is 2.33. The lowest BCUT2D eigenvalue weighted by Gasteiger charge is -2.42. The first-order valence-corrected chi connectivity index (χ1v) is 16.1. The zero-order valence-corrected chi connectivity index (χ0v) is 25.2. The van der Waals surface area contributed by atoms with Crippen LogP contribution in [0.15, 0.2) is 65.7 Å². The predicted molar refractivity (Wildman–Crippen MR) is 164 cm³/mol. The van der Waals surface area contributed by atoms with Crippen molar-refractivity contribution in [2.45, 2.75) is 38.6 Å². The minimum absolute atomic E-state index is 0.142. The number of benzene rings is 1. The number of aryl methyl sites for hydroxylation is 1. The average Bonchev–Trinajstić information content (AvgIpc) is 2.97. The van der Waals surface area contributed by atoms with Gasteiger partial charge >= 0.3 is 0 Å². The number of amides is 1. The zero-order chi connectivity index (χ0) is 30.0. The van der Waals surface area contributed by atoms with E-state index >= 15 is 0 Å². The molecule has 0 aliphatic carbocycles.